The summed E-state index contributed by atoms with van der Waals surface area (Å²) in [5.41, 5.74) is 0.752. The number of nitrogens with two attached hydrogens (primary N) is 1. The Morgan fingerprint density at radius 1 is 1.05 bits per heavy atom. The molecule has 0 saturated carbocycles. The molecule has 8 heteroatoms. The molecule has 1 atom stereocenters. The first-order valence-corrected chi connectivity index (χ1v) is 6.22. The molecule has 0 aromatic heterocycles. The predicted molar refractivity (Wildman–Crippen MR) is 70.8 cm³/mol. The Balaban J connectivity index is 3.26. The van der Waals surface area contributed by atoms with Gasteiger partial charge in [0.1, 0.15) is 5.60 Å². The van der Waals surface area contributed by atoms with Crippen molar-refractivity contribution in [2.24, 2.45) is 5.73 Å². The summed E-state index contributed by atoms with van der Waals surface area (Å²) in [5.74, 6) is -2.98. The van der Waals surface area contributed by atoms with Gasteiger partial charge in [-0.15, -0.1) is 0 Å². The highest BCUT2D eigenvalue weighted by molar-refractivity contribution is 6.04. The second-order valence-corrected chi connectivity index (χ2v) is 5.69. The molecule has 0 aliphatic rings. The van der Waals surface area contributed by atoms with Crippen LogP contribution in [0.1, 0.15) is 31.9 Å². The number of carbonyl (C=O) groups is 2. The summed E-state index contributed by atoms with van der Waals surface area (Å²) >= 11 is 0. The lowest BCUT2D eigenvalue weighted by molar-refractivity contribution is -0.169. The Labute approximate surface area is 124 Å². The van der Waals surface area contributed by atoms with Gasteiger partial charge in [-0.25, -0.2) is 9.59 Å². The lowest BCUT2D eigenvalue weighted by Crippen LogP contribution is -2.54. The molecule has 0 aliphatic heterocycles. The standard InChI is InChI=1S/C14H16F3NO4/c1-12(2,3)22-11(21)13(18,10(19)20)8-4-6-9(7-5-8)14(15,16)17/h4-7H,18H2,1-3H3,(H,19,20). The van der Waals surface area contributed by atoms with Crippen molar-refractivity contribution in [3.8, 4) is 0 Å². The zero-order valence-electron chi connectivity index (χ0n) is 12.2. The fourth-order valence-electron chi connectivity index (χ4n) is 1.61. The number of benzene rings is 1. The zero-order chi connectivity index (χ0) is 17.3. The fourth-order valence-corrected chi connectivity index (χ4v) is 1.61. The van der Waals surface area contributed by atoms with Crippen LogP contribution in [0.2, 0.25) is 0 Å². The zero-order valence-corrected chi connectivity index (χ0v) is 12.2. The molecule has 0 spiro atoms. The smallest absolute Gasteiger partial charge is 0.416 e. The van der Waals surface area contributed by atoms with E-state index in [2.05, 4.69) is 0 Å². The number of esters is 1. The number of rotatable bonds is 3. The number of halogens is 3. The molecule has 0 bridgehead atoms. The molecule has 0 radical (unpaired) electrons. The molecule has 0 fully saturated rings. The SMILES string of the molecule is CC(C)(C)OC(=O)C(N)(C(=O)O)c1ccc(C(F)(F)F)cc1. The topological polar surface area (TPSA) is 89.6 Å². The summed E-state index contributed by atoms with van der Waals surface area (Å²) in [4.78, 5) is 23.4. The summed E-state index contributed by atoms with van der Waals surface area (Å²) in [5, 5.41) is 9.23. The minimum absolute atomic E-state index is 0.303. The molecule has 22 heavy (non-hydrogen) atoms. The van der Waals surface area contributed by atoms with Gasteiger partial charge in [0.05, 0.1) is 5.56 Å². The predicted octanol–water partition coefficient (Wildman–Crippen LogP) is 2.29. The van der Waals surface area contributed by atoms with Gasteiger partial charge in [0.25, 0.3) is 0 Å². The van der Waals surface area contributed by atoms with Crippen LogP contribution in [-0.2, 0) is 26.0 Å². The Kier molecular flexibility index (Phi) is 4.57. The first-order valence-electron chi connectivity index (χ1n) is 6.22. The summed E-state index contributed by atoms with van der Waals surface area (Å²) in [6, 6.07) is 3.01. The maximum atomic E-state index is 12.5. The number of aliphatic carboxylic acids is 1. The van der Waals surface area contributed by atoms with Crippen molar-refractivity contribution in [2.45, 2.75) is 38.1 Å². The van der Waals surface area contributed by atoms with E-state index < -0.39 is 34.8 Å². The van der Waals surface area contributed by atoms with Crippen LogP contribution in [-0.4, -0.2) is 22.6 Å². The molecule has 1 aromatic carbocycles. The molecule has 122 valence electrons. The lowest BCUT2D eigenvalue weighted by atomic mass is 9.90. The largest absolute Gasteiger partial charge is 0.479 e. The minimum atomic E-state index is -4.58. The Morgan fingerprint density at radius 2 is 1.45 bits per heavy atom. The molecule has 0 saturated heterocycles. The molecule has 1 aromatic rings. The van der Waals surface area contributed by atoms with Crippen LogP contribution in [0.5, 0.6) is 0 Å². The van der Waals surface area contributed by atoms with E-state index in [0.717, 1.165) is 12.1 Å². The molecule has 3 N–H and O–H groups in total. The summed E-state index contributed by atoms with van der Waals surface area (Å²) in [6.45, 7) is 4.54. The maximum absolute atomic E-state index is 12.5. The van der Waals surface area contributed by atoms with Crippen LogP contribution < -0.4 is 5.73 Å². The van der Waals surface area contributed by atoms with E-state index in [1.54, 1.807) is 0 Å². The van der Waals surface area contributed by atoms with E-state index in [-0.39, 0.29) is 5.56 Å². The second kappa shape index (κ2) is 5.60. The van der Waals surface area contributed by atoms with Gasteiger partial charge in [0.15, 0.2) is 0 Å². The Bertz CT molecular complexity index is 575. The number of alkyl halides is 3. The fraction of sp³-hybridized carbons (Fsp3) is 0.429. The normalized spacial score (nSPS) is 15.0. The van der Waals surface area contributed by atoms with Crippen molar-refractivity contribution in [1.29, 1.82) is 0 Å². The highest BCUT2D eigenvalue weighted by Gasteiger charge is 2.47. The van der Waals surface area contributed by atoms with Crippen LogP contribution >= 0.6 is 0 Å². The van der Waals surface area contributed by atoms with Crippen molar-refractivity contribution in [2.75, 3.05) is 0 Å². The Hall–Kier alpha value is -2.09. The second-order valence-electron chi connectivity index (χ2n) is 5.69. The van der Waals surface area contributed by atoms with Gasteiger partial charge >= 0.3 is 18.1 Å². The van der Waals surface area contributed by atoms with E-state index in [1.165, 1.54) is 20.8 Å². The third-order valence-corrected chi connectivity index (χ3v) is 2.73. The number of hydrogen-bond acceptors (Lipinski definition) is 4. The number of carbonyl (C=O) groups excluding carboxylic acids is 1. The first-order chi connectivity index (χ1) is 9.78. The van der Waals surface area contributed by atoms with Crippen molar-refractivity contribution < 1.29 is 32.6 Å². The molecule has 0 amide bonds. The molecule has 1 rings (SSSR count). The van der Waals surface area contributed by atoms with Gasteiger partial charge in [-0.1, -0.05) is 12.1 Å². The van der Waals surface area contributed by atoms with E-state index in [4.69, 9.17) is 10.5 Å². The van der Waals surface area contributed by atoms with Crippen molar-refractivity contribution in [1.82, 2.24) is 0 Å². The van der Waals surface area contributed by atoms with Crippen molar-refractivity contribution in [3.05, 3.63) is 35.4 Å². The average Bonchev–Trinajstić information content (AvgIpc) is 2.34. The number of ether oxygens (including phenoxy) is 1. The quantitative estimate of drug-likeness (QED) is 0.659. The molecule has 0 aliphatic carbocycles. The maximum Gasteiger partial charge on any atom is 0.416 e. The Morgan fingerprint density at radius 3 is 1.77 bits per heavy atom. The molecular weight excluding hydrogens is 303 g/mol. The van der Waals surface area contributed by atoms with Gasteiger partial charge < -0.3 is 15.6 Å². The highest BCUT2D eigenvalue weighted by atomic mass is 19.4. The molecule has 5 nitrogen and oxygen atoms in total. The van der Waals surface area contributed by atoms with Crippen LogP contribution in [0.3, 0.4) is 0 Å². The third-order valence-electron chi connectivity index (χ3n) is 2.73. The van der Waals surface area contributed by atoms with Gasteiger partial charge in [0, 0.05) is 0 Å². The van der Waals surface area contributed by atoms with Gasteiger partial charge in [-0.2, -0.15) is 13.2 Å². The molecular formula is C14H16F3NO4. The summed E-state index contributed by atoms with van der Waals surface area (Å²) < 4.78 is 42.5. The van der Waals surface area contributed by atoms with Crippen LogP contribution in [0, 0.1) is 0 Å². The van der Waals surface area contributed by atoms with Gasteiger partial charge in [0.2, 0.25) is 5.54 Å². The molecule has 0 heterocycles. The number of carboxylic acids is 1. The minimum Gasteiger partial charge on any atom is -0.479 e. The van der Waals surface area contributed by atoms with Crippen molar-refractivity contribution in [3.63, 3.8) is 0 Å². The van der Waals surface area contributed by atoms with Crippen LogP contribution in [0.25, 0.3) is 0 Å². The van der Waals surface area contributed by atoms with Gasteiger partial charge in [-0.3, -0.25) is 0 Å². The monoisotopic (exact) mass is 319 g/mol. The lowest BCUT2D eigenvalue weighted by Gasteiger charge is -2.28. The van der Waals surface area contributed by atoms with Crippen LogP contribution in [0.15, 0.2) is 24.3 Å². The van der Waals surface area contributed by atoms with Gasteiger partial charge in [-0.05, 0) is 38.5 Å². The number of carboxylic acid groups (broad SMARTS) is 1. The van der Waals surface area contributed by atoms with E-state index in [9.17, 15) is 27.9 Å². The van der Waals surface area contributed by atoms with E-state index in [0.29, 0.717) is 12.1 Å². The van der Waals surface area contributed by atoms with E-state index >= 15 is 0 Å². The summed E-state index contributed by atoms with van der Waals surface area (Å²) in [7, 11) is 0. The van der Waals surface area contributed by atoms with Crippen molar-refractivity contribution >= 4 is 11.9 Å². The van der Waals surface area contributed by atoms with Crippen LogP contribution in [0.4, 0.5) is 13.2 Å². The molecule has 1 unspecified atom stereocenters. The number of hydrogen-bond donors (Lipinski definition) is 2. The first kappa shape index (κ1) is 18.0. The van der Waals surface area contributed by atoms with E-state index in [1.807, 2.05) is 0 Å². The highest BCUT2D eigenvalue weighted by Crippen LogP contribution is 2.31. The third kappa shape index (κ3) is 3.76. The summed E-state index contributed by atoms with van der Waals surface area (Å²) in [6.07, 6.45) is -4.58. The average molecular weight is 319 g/mol.